The first-order valence-electron chi connectivity index (χ1n) is 7.26. The summed E-state index contributed by atoms with van der Waals surface area (Å²) < 4.78 is 26.6. The molecular weight excluding hydrogens is 272 g/mol. The maximum Gasteiger partial charge on any atom is 0.240 e. The monoisotopic (exact) mass is 296 g/mol. The summed E-state index contributed by atoms with van der Waals surface area (Å²) in [5.74, 6) is 0.882. The van der Waals surface area contributed by atoms with Crippen molar-refractivity contribution in [2.75, 3.05) is 5.32 Å². The highest BCUT2D eigenvalue weighted by Crippen LogP contribution is 2.34. The zero-order valence-electron chi connectivity index (χ0n) is 12.4. The van der Waals surface area contributed by atoms with Crippen molar-refractivity contribution in [3.63, 3.8) is 0 Å². The molecule has 1 aliphatic rings. The summed E-state index contributed by atoms with van der Waals surface area (Å²) in [5.41, 5.74) is 0.974. The van der Waals surface area contributed by atoms with Crippen LogP contribution in [0.25, 0.3) is 0 Å². The summed E-state index contributed by atoms with van der Waals surface area (Å²) >= 11 is 0. The number of hydrogen-bond donors (Lipinski definition) is 2. The second kappa shape index (κ2) is 6.14. The van der Waals surface area contributed by atoms with E-state index in [0.717, 1.165) is 11.6 Å². The maximum absolute atomic E-state index is 12.0. The van der Waals surface area contributed by atoms with E-state index in [-0.39, 0.29) is 6.04 Å². The predicted octanol–water partition coefficient (Wildman–Crippen LogP) is 2.97. The van der Waals surface area contributed by atoms with Crippen molar-refractivity contribution in [2.45, 2.75) is 57.0 Å². The van der Waals surface area contributed by atoms with Gasteiger partial charge in [-0.25, -0.2) is 13.1 Å². The molecule has 1 aromatic carbocycles. The Balaban J connectivity index is 1.98. The van der Waals surface area contributed by atoms with Gasteiger partial charge in [-0.3, -0.25) is 0 Å². The fourth-order valence-corrected chi connectivity index (χ4v) is 3.56. The van der Waals surface area contributed by atoms with E-state index < -0.39 is 10.0 Å². The SMILES string of the molecule is CC(C)NS(=O)(=O)c1ccc(NC(C)CC2CC2)cc1. The topological polar surface area (TPSA) is 58.2 Å². The zero-order chi connectivity index (χ0) is 14.8. The fourth-order valence-electron chi connectivity index (χ4n) is 2.31. The number of nitrogens with one attached hydrogen (secondary N) is 2. The van der Waals surface area contributed by atoms with Crippen molar-refractivity contribution >= 4 is 15.7 Å². The Morgan fingerprint density at radius 3 is 2.25 bits per heavy atom. The van der Waals surface area contributed by atoms with Gasteiger partial charge in [0.15, 0.2) is 0 Å². The lowest BCUT2D eigenvalue weighted by molar-refractivity contribution is 0.570. The van der Waals surface area contributed by atoms with Crippen molar-refractivity contribution in [2.24, 2.45) is 5.92 Å². The van der Waals surface area contributed by atoms with Crippen LogP contribution in [0.5, 0.6) is 0 Å². The number of benzene rings is 1. The third kappa shape index (κ3) is 4.49. The number of anilines is 1. The van der Waals surface area contributed by atoms with Crippen LogP contribution in [0, 0.1) is 5.92 Å². The first-order valence-corrected chi connectivity index (χ1v) is 8.74. The van der Waals surface area contributed by atoms with Gasteiger partial charge in [0.2, 0.25) is 10.0 Å². The molecule has 2 rings (SSSR count). The van der Waals surface area contributed by atoms with Crippen molar-refractivity contribution in [3.05, 3.63) is 24.3 Å². The second-order valence-corrected chi connectivity index (χ2v) is 7.74. The Bertz CT molecular complexity index is 533. The first-order chi connectivity index (χ1) is 9.37. The standard InChI is InChI=1S/C15H24N2O2S/c1-11(2)17-20(18,19)15-8-6-14(7-9-15)16-12(3)10-13-4-5-13/h6-9,11-13,16-17H,4-5,10H2,1-3H3. The van der Waals surface area contributed by atoms with Crippen molar-refractivity contribution in [1.82, 2.24) is 4.72 Å². The highest BCUT2D eigenvalue weighted by Gasteiger charge is 2.23. The van der Waals surface area contributed by atoms with Crippen molar-refractivity contribution in [3.8, 4) is 0 Å². The summed E-state index contributed by atoms with van der Waals surface area (Å²) in [7, 11) is -3.39. The van der Waals surface area contributed by atoms with E-state index in [1.807, 2.05) is 26.0 Å². The Kier molecular flexibility index (Phi) is 4.70. The lowest BCUT2D eigenvalue weighted by atomic mass is 10.1. The van der Waals surface area contributed by atoms with Crippen LogP contribution >= 0.6 is 0 Å². The molecule has 0 heterocycles. The van der Waals surface area contributed by atoms with Gasteiger partial charge in [-0.05, 0) is 57.4 Å². The molecule has 1 aliphatic carbocycles. The maximum atomic E-state index is 12.0. The van der Waals surface area contributed by atoms with E-state index in [2.05, 4.69) is 17.0 Å². The van der Waals surface area contributed by atoms with Gasteiger partial charge < -0.3 is 5.32 Å². The molecule has 20 heavy (non-hydrogen) atoms. The molecule has 1 atom stereocenters. The van der Waals surface area contributed by atoms with Gasteiger partial charge in [0.25, 0.3) is 0 Å². The molecule has 0 spiro atoms. The Morgan fingerprint density at radius 1 is 1.15 bits per heavy atom. The van der Waals surface area contributed by atoms with E-state index in [1.165, 1.54) is 19.3 Å². The summed E-state index contributed by atoms with van der Waals surface area (Å²) in [6.45, 7) is 5.80. The molecule has 0 aromatic heterocycles. The van der Waals surface area contributed by atoms with Crippen molar-refractivity contribution in [1.29, 1.82) is 0 Å². The lowest BCUT2D eigenvalue weighted by Crippen LogP contribution is -2.30. The van der Waals surface area contributed by atoms with E-state index in [0.29, 0.717) is 10.9 Å². The summed E-state index contributed by atoms with van der Waals surface area (Å²) in [4.78, 5) is 0.312. The minimum Gasteiger partial charge on any atom is -0.383 e. The Hall–Kier alpha value is -1.07. The normalized spacial score (nSPS) is 17.2. The predicted molar refractivity (Wildman–Crippen MR) is 82.3 cm³/mol. The van der Waals surface area contributed by atoms with Gasteiger partial charge in [-0.1, -0.05) is 12.8 Å². The van der Waals surface area contributed by atoms with E-state index in [4.69, 9.17) is 0 Å². The molecule has 1 saturated carbocycles. The molecule has 2 N–H and O–H groups in total. The van der Waals surface area contributed by atoms with Crippen LogP contribution in [0.1, 0.15) is 40.0 Å². The average molecular weight is 296 g/mol. The van der Waals surface area contributed by atoms with Crippen LogP contribution in [0.15, 0.2) is 29.2 Å². The summed E-state index contributed by atoms with van der Waals surface area (Å²) in [6.07, 6.45) is 3.89. The smallest absolute Gasteiger partial charge is 0.240 e. The molecule has 0 bridgehead atoms. The average Bonchev–Trinajstić information content (AvgIpc) is 3.11. The molecule has 1 aromatic rings. The molecule has 0 amide bonds. The second-order valence-electron chi connectivity index (χ2n) is 6.02. The van der Waals surface area contributed by atoms with E-state index in [9.17, 15) is 8.42 Å². The third-order valence-electron chi connectivity index (χ3n) is 3.35. The third-order valence-corrected chi connectivity index (χ3v) is 5.03. The summed E-state index contributed by atoms with van der Waals surface area (Å²) in [6, 6.07) is 7.29. The van der Waals surface area contributed by atoms with Gasteiger partial charge in [-0.15, -0.1) is 0 Å². The number of sulfonamides is 1. The quantitative estimate of drug-likeness (QED) is 0.813. The van der Waals surface area contributed by atoms with Gasteiger partial charge in [0.05, 0.1) is 4.90 Å². The van der Waals surface area contributed by atoms with E-state index >= 15 is 0 Å². The van der Waals surface area contributed by atoms with Crippen LogP contribution < -0.4 is 10.0 Å². The number of hydrogen-bond acceptors (Lipinski definition) is 3. The molecule has 4 nitrogen and oxygen atoms in total. The largest absolute Gasteiger partial charge is 0.383 e. The zero-order valence-corrected chi connectivity index (χ0v) is 13.2. The lowest BCUT2D eigenvalue weighted by Gasteiger charge is -2.15. The molecule has 1 unspecified atom stereocenters. The fraction of sp³-hybridized carbons (Fsp3) is 0.600. The Labute approximate surface area is 122 Å². The molecule has 0 aliphatic heterocycles. The van der Waals surface area contributed by atoms with Crippen LogP contribution in [-0.4, -0.2) is 20.5 Å². The van der Waals surface area contributed by atoms with Gasteiger partial charge in [0, 0.05) is 17.8 Å². The molecule has 112 valence electrons. The number of rotatable bonds is 7. The Morgan fingerprint density at radius 2 is 1.75 bits per heavy atom. The molecule has 5 heteroatoms. The van der Waals surface area contributed by atoms with Crippen LogP contribution in [0.3, 0.4) is 0 Å². The van der Waals surface area contributed by atoms with Crippen LogP contribution in [0.2, 0.25) is 0 Å². The van der Waals surface area contributed by atoms with Crippen molar-refractivity contribution < 1.29 is 8.42 Å². The van der Waals surface area contributed by atoms with Gasteiger partial charge in [-0.2, -0.15) is 0 Å². The van der Waals surface area contributed by atoms with E-state index in [1.54, 1.807) is 12.1 Å². The highest BCUT2D eigenvalue weighted by atomic mass is 32.2. The molecule has 0 radical (unpaired) electrons. The summed E-state index contributed by atoms with van der Waals surface area (Å²) in [5, 5.41) is 3.42. The minimum atomic E-state index is -3.39. The van der Waals surface area contributed by atoms with Crippen LogP contribution in [0.4, 0.5) is 5.69 Å². The first kappa shape index (κ1) is 15.3. The van der Waals surface area contributed by atoms with Gasteiger partial charge in [0.1, 0.15) is 0 Å². The van der Waals surface area contributed by atoms with Crippen LogP contribution in [-0.2, 0) is 10.0 Å². The van der Waals surface area contributed by atoms with Gasteiger partial charge >= 0.3 is 0 Å². The minimum absolute atomic E-state index is 0.101. The highest BCUT2D eigenvalue weighted by molar-refractivity contribution is 7.89. The molecular formula is C15H24N2O2S. The molecule has 1 fully saturated rings. The molecule has 0 saturated heterocycles.